The van der Waals surface area contributed by atoms with Crippen LogP contribution in [0.5, 0.6) is 5.75 Å². The third-order valence-electron chi connectivity index (χ3n) is 1.86. The Morgan fingerprint density at radius 3 is 2.62 bits per heavy atom. The van der Waals surface area contributed by atoms with E-state index in [9.17, 15) is 0 Å². The molecule has 0 aromatic heterocycles. The molecule has 0 atom stereocenters. The van der Waals surface area contributed by atoms with Gasteiger partial charge in [-0.3, -0.25) is 0 Å². The molecule has 0 aliphatic carbocycles. The van der Waals surface area contributed by atoms with Crippen LogP contribution >= 0.6 is 31.9 Å². The molecule has 0 unspecified atom stereocenters. The van der Waals surface area contributed by atoms with Crippen molar-refractivity contribution in [2.75, 3.05) is 11.9 Å². The first-order valence-electron chi connectivity index (χ1n) is 4.11. The van der Waals surface area contributed by atoms with Crippen LogP contribution in [0.25, 0.3) is 0 Å². The molecule has 3 heteroatoms. The second-order valence-electron chi connectivity index (χ2n) is 2.86. The molecule has 0 saturated carbocycles. The second kappa shape index (κ2) is 5.01. The van der Waals surface area contributed by atoms with Crippen molar-refractivity contribution in [1.82, 2.24) is 0 Å². The summed E-state index contributed by atoms with van der Waals surface area (Å²) in [5, 5.41) is 0.859. The van der Waals surface area contributed by atoms with Crippen molar-refractivity contribution in [2.45, 2.75) is 13.8 Å². The Balaban J connectivity index is 2.90. The van der Waals surface area contributed by atoms with Gasteiger partial charge < -0.3 is 4.74 Å². The first kappa shape index (κ1) is 11.1. The lowest BCUT2D eigenvalue weighted by molar-refractivity contribution is 0.342. The maximum atomic E-state index is 5.54. The maximum Gasteiger partial charge on any atom is 0.123 e. The van der Waals surface area contributed by atoms with Crippen molar-refractivity contribution in [2.24, 2.45) is 0 Å². The summed E-state index contributed by atoms with van der Waals surface area (Å²) in [5.74, 6) is 0.955. The summed E-state index contributed by atoms with van der Waals surface area (Å²) >= 11 is 6.86. The predicted octanol–water partition coefficient (Wildman–Crippen LogP) is 3.84. The number of benzene rings is 1. The van der Waals surface area contributed by atoms with Crippen LogP contribution in [0.2, 0.25) is 0 Å². The lowest BCUT2D eigenvalue weighted by atomic mass is 10.1. The molecule has 1 aromatic rings. The van der Waals surface area contributed by atoms with Crippen LogP contribution in [0.4, 0.5) is 0 Å². The normalized spacial score (nSPS) is 10.2. The molecule has 1 aromatic carbocycles. The zero-order chi connectivity index (χ0) is 9.84. The highest BCUT2D eigenvalue weighted by molar-refractivity contribution is 9.10. The molecule has 0 radical (unpaired) electrons. The SMILES string of the molecule is Cc1ccc(OCCBr)c(C)c1Br. The molecule has 13 heavy (non-hydrogen) atoms. The summed E-state index contributed by atoms with van der Waals surface area (Å²) < 4.78 is 6.68. The zero-order valence-electron chi connectivity index (χ0n) is 7.73. The van der Waals surface area contributed by atoms with Crippen LogP contribution in [-0.2, 0) is 0 Å². The van der Waals surface area contributed by atoms with Crippen LogP contribution in [0.15, 0.2) is 16.6 Å². The van der Waals surface area contributed by atoms with E-state index in [0.717, 1.165) is 15.6 Å². The van der Waals surface area contributed by atoms with E-state index < -0.39 is 0 Å². The topological polar surface area (TPSA) is 9.23 Å². The standard InChI is InChI=1S/C10H12Br2O/c1-7-3-4-9(13-6-5-11)8(2)10(7)12/h3-4H,5-6H2,1-2H3. The summed E-state index contributed by atoms with van der Waals surface area (Å²) in [6.07, 6.45) is 0. The highest BCUT2D eigenvalue weighted by Gasteiger charge is 2.04. The first-order chi connectivity index (χ1) is 6.16. The lowest BCUT2D eigenvalue weighted by Crippen LogP contribution is -2.00. The molecule has 72 valence electrons. The average molecular weight is 308 g/mol. The maximum absolute atomic E-state index is 5.54. The highest BCUT2D eigenvalue weighted by Crippen LogP contribution is 2.28. The molecule has 0 amide bonds. The molecule has 1 nitrogen and oxygen atoms in total. The van der Waals surface area contributed by atoms with Gasteiger partial charge in [0.25, 0.3) is 0 Å². The Hall–Kier alpha value is -0.0200. The van der Waals surface area contributed by atoms with E-state index in [0.29, 0.717) is 6.61 Å². The van der Waals surface area contributed by atoms with Crippen molar-refractivity contribution in [3.05, 3.63) is 27.7 Å². The van der Waals surface area contributed by atoms with Gasteiger partial charge in [-0.05, 0) is 25.5 Å². The van der Waals surface area contributed by atoms with E-state index >= 15 is 0 Å². The molecule has 0 fully saturated rings. The molecule has 0 aliphatic heterocycles. The minimum absolute atomic E-state index is 0.705. The van der Waals surface area contributed by atoms with E-state index in [4.69, 9.17) is 4.74 Å². The third-order valence-corrected chi connectivity index (χ3v) is 3.41. The van der Waals surface area contributed by atoms with Gasteiger partial charge in [0.05, 0.1) is 6.61 Å². The van der Waals surface area contributed by atoms with Gasteiger partial charge in [0.15, 0.2) is 0 Å². The Labute approximate surface area is 95.7 Å². The summed E-state index contributed by atoms with van der Waals surface area (Å²) in [7, 11) is 0. The molecule has 0 aliphatic rings. The number of aryl methyl sites for hydroxylation is 1. The third kappa shape index (κ3) is 2.71. The Bertz CT molecular complexity index is 297. The van der Waals surface area contributed by atoms with Crippen LogP contribution < -0.4 is 4.74 Å². The molecular weight excluding hydrogens is 296 g/mol. The smallest absolute Gasteiger partial charge is 0.123 e. The molecular formula is C10H12Br2O. The molecule has 0 bridgehead atoms. The van der Waals surface area contributed by atoms with E-state index in [-0.39, 0.29) is 0 Å². The van der Waals surface area contributed by atoms with Crippen molar-refractivity contribution in [3.63, 3.8) is 0 Å². The number of rotatable bonds is 3. The summed E-state index contributed by atoms with van der Waals surface area (Å²) in [4.78, 5) is 0. The van der Waals surface area contributed by atoms with Crippen LogP contribution in [0.1, 0.15) is 11.1 Å². The van der Waals surface area contributed by atoms with E-state index in [2.05, 4.69) is 51.8 Å². The van der Waals surface area contributed by atoms with Gasteiger partial charge in [0.2, 0.25) is 0 Å². The summed E-state index contributed by atoms with van der Waals surface area (Å²) in [5.41, 5.74) is 2.41. The fourth-order valence-corrected chi connectivity index (χ4v) is 1.60. The average Bonchev–Trinajstić information content (AvgIpc) is 2.13. The largest absolute Gasteiger partial charge is 0.492 e. The van der Waals surface area contributed by atoms with Crippen molar-refractivity contribution >= 4 is 31.9 Å². The Morgan fingerprint density at radius 1 is 1.31 bits per heavy atom. The second-order valence-corrected chi connectivity index (χ2v) is 4.44. The van der Waals surface area contributed by atoms with Gasteiger partial charge in [-0.15, -0.1) is 0 Å². The predicted molar refractivity (Wildman–Crippen MR) is 62.9 cm³/mol. The van der Waals surface area contributed by atoms with Gasteiger partial charge in [0.1, 0.15) is 5.75 Å². The number of halogens is 2. The first-order valence-corrected chi connectivity index (χ1v) is 6.02. The molecule has 0 saturated heterocycles. The van der Waals surface area contributed by atoms with Gasteiger partial charge in [0, 0.05) is 15.4 Å². The molecule has 1 rings (SSSR count). The van der Waals surface area contributed by atoms with Crippen molar-refractivity contribution < 1.29 is 4.74 Å². The van der Waals surface area contributed by atoms with Crippen LogP contribution in [0, 0.1) is 13.8 Å². The molecule has 0 N–H and O–H groups in total. The quantitative estimate of drug-likeness (QED) is 0.771. The van der Waals surface area contributed by atoms with Gasteiger partial charge in [-0.25, -0.2) is 0 Å². The van der Waals surface area contributed by atoms with E-state index in [1.165, 1.54) is 11.1 Å². The van der Waals surface area contributed by atoms with Gasteiger partial charge in [-0.2, -0.15) is 0 Å². The minimum atomic E-state index is 0.705. The van der Waals surface area contributed by atoms with Crippen molar-refractivity contribution in [1.29, 1.82) is 0 Å². The monoisotopic (exact) mass is 306 g/mol. The number of alkyl halides is 1. The van der Waals surface area contributed by atoms with Gasteiger partial charge in [-0.1, -0.05) is 37.9 Å². The zero-order valence-corrected chi connectivity index (χ0v) is 10.9. The fraction of sp³-hybridized carbons (Fsp3) is 0.400. The number of ether oxygens (including phenoxy) is 1. The fourth-order valence-electron chi connectivity index (χ4n) is 1.11. The van der Waals surface area contributed by atoms with Crippen molar-refractivity contribution in [3.8, 4) is 5.75 Å². The summed E-state index contributed by atoms with van der Waals surface area (Å²) in [6.45, 7) is 4.84. The minimum Gasteiger partial charge on any atom is -0.492 e. The number of hydrogen-bond donors (Lipinski definition) is 0. The van der Waals surface area contributed by atoms with E-state index in [1.54, 1.807) is 0 Å². The lowest BCUT2D eigenvalue weighted by Gasteiger charge is -2.10. The van der Waals surface area contributed by atoms with E-state index in [1.807, 2.05) is 6.07 Å². The molecule has 0 heterocycles. The number of hydrogen-bond acceptors (Lipinski definition) is 1. The Kier molecular flexibility index (Phi) is 4.26. The Morgan fingerprint density at radius 2 is 2.00 bits per heavy atom. The van der Waals surface area contributed by atoms with Gasteiger partial charge >= 0.3 is 0 Å². The highest BCUT2D eigenvalue weighted by atomic mass is 79.9. The van der Waals surface area contributed by atoms with Crippen LogP contribution in [-0.4, -0.2) is 11.9 Å². The summed E-state index contributed by atoms with van der Waals surface area (Å²) in [6, 6.07) is 4.07. The molecule has 0 spiro atoms. The van der Waals surface area contributed by atoms with Crippen LogP contribution in [0.3, 0.4) is 0 Å².